The first kappa shape index (κ1) is 24.8. The van der Waals surface area contributed by atoms with Gasteiger partial charge in [0.1, 0.15) is 0 Å². The van der Waals surface area contributed by atoms with Crippen molar-refractivity contribution in [1.29, 1.82) is 0 Å². The van der Waals surface area contributed by atoms with Gasteiger partial charge < -0.3 is 24.3 Å². The van der Waals surface area contributed by atoms with E-state index in [1.807, 2.05) is 12.5 Å². The molecule has 5 heterocycles. The highest BCUT2D eigenvalue weighted by molar-refractivity contribution is 5.86. The van der Waals surface area contributed by atoms with E-state index in [1.165, 1.54) is 0 Å². The molecular formula is C26H38N8O2. The van der Waals surface area contributed by atoms with Gasteiger partial charge in [-0.25, -0.2) is 24.9 Å². The molecule has 2 fully saturated rings. The number of nitrogens with one attached hydrogen (secondary N) is 1. The third-order valence-corrected chi connectivity index (χ3v) is 6.46. The molecule has 0 radical (unpaired) electrons. The number of ether oxygens (including phenoxy) is 2. The first-order valence-electron chi connectivity index (χ1n) is 12.9. The molecular weight excluding hydrogens is 456 g/mol. The Kier molecular flexibility index (Phi) is 6.59. The molecule has 5 rings (SSSR count). The van der Waals surface area contributed by atoms with Crippen molar-refractivity contribution < 1.29 is 9.47 Å². The summed E-state index contributed by atoms with van der Waals surface area (Å²) in [6.45, 7) is 18.1. The average molecular weight is 495 g/mol. The lowest BCUT2D eigenvalue weighted by Gasteiger charge is -2.28. The Labute approximate surface area is 212 Å². The summed E-state index contributed by atoms with van der Waals surface area (Å²) in [5.41, 5.74) is 3.04. The number of anilines is 2. The van der Waals surface area contributed by atoms with Crippen LogP contribution in [0.15, 0.2) is 12.5 Å². The van der Waals surface area contributed by atoms with Gasteiger partial charge in [-0.2, -0.15) is 0 Å². The zero-order chi connectivity index (χ0) is 25.5. The van der Waals surface area contributed by atoms with Gasteiger partial charge in [-0.1, -0.05) is 20.8 Å². The molecule has 0 spiro atoms. The van der Waals surface area contributed by atoms with Gasteiger partial charge in [0.05, 0.1) is 37.4 Å². The second kappa shape index (κ2) is 9.55. The molecule has 36 heavy (non-hydrogen) atoms. The zero-order valence-corrected chi connectivity index (χ0v) is 22.3. The van der Waals surface area contributed by atoms with Crippen molar-refractivity contribution in [3.8, 4) is 11.4 Å². The Bertz CT molecular complexity index is 1220. The predicted molar refractivity (Wildman–Crippen MR) is 140 cm³/mol. The molecule has 0 bridgehead atoms. The standard InChI is InChI=1S/C26H38N8O2/c1-25(2,3)20-18(13-27-24(29-20)32-26(4,5)6)21-30-22(33-8-11-35-12-9-33)19-23(31-21)34(16-28-19)14-17-7-10-36-15-17/h13,16-17H,7-12,14-15H2,1-6H3,(H,27,29,32). The molecule has 0 aromatic carbocycles. The Morgan fingerprint density at radius 2 is 1.75 bits per heavy atom. The maximum Gasteiger partial charge on any atom is 0.223 e. The summed E-state index contributed by atoms with van der Waals surface area (Å²) in [7, 11) is 0. The van der Waals surface area contributed by atoms with Crippen molar-refractivity contribution in [2.75, 3.05) is 49.7 Å². The van der Waals surface area contributed by atoms with Crippen LogP contribution in [0.2, 0.25) is 0 Å². The van der Waals surface area contributed by atoms with Gasteiger partial charge in [-0.3, -0.25) is 0 Å². The highest BCUT2D eigenvalue weighted by Crippen LogP contribution is 2.34. The van der Waals surface area contributed by atoms with Gasteiger partial charge in [-0.05, 0) is 27.2 Å². The minimum Gasteiger partial charge on any atom is -0.381 e. The van der Waals surface area contributed by atoms with Crippen molar-refractivity contribution >= 4 is 22.9 Å². The molecule has 194 valence electrons. The van der Waals surface area contributed by atoms with Crippen LogP contribution in [0.1, 0.15) is 53.7 Å². The van der Waals surface area contributed by atoms with Crippen LogP contribution in [0.25, 0.3) is 22.6 Å². The fourth-order valence-corrected chi connectivity index (χ4v) is 4.70. The quantitative estimate of drug-likeness (QED) is 0.569. The van der Waals surface area contributed by atoms with E-state index in [1.54, 1.807) is 0 Å². The molecule has 1 atom stereocenters. The molecule has 3 aromatic rings. The zero-order valence-electron chi connectivity index (χ0n) is 22.3. The maximum atomic E-state index is 5.62. The Morgan fingerprint density at radius 3 is 2.42 bits per heavy atom. The van der Waals surface area contributed by atoms with Crippen molar-refractivity contribution in [3.05, 3.63) is 18.2 Å². The van der Waals surface area contributed by atoms with Gasteiger partial charge in [0.15, 0.2) is 22.8 Å². The van der Waals surface area contributed by atoms with Crippen LogP contribution in [0.4, 0.5) is 11.8 Å². The van der Waals surface area contributed by atoms with Gasteiger partial charge in [0.25, 0.3) is 0 Å². The van der Waals surface area contributed by atoms with Crippen molar-refractivity contribution in [1.82, 2.24) is 29.5 Å². The lowest BCUT2D eigenvalue weighted by molar-refractivity contribution is 0.122. The predicted octanol–water partition coefficient (Wildman–Crippen LogP) is 3.66. The summed E-state index contributed by atoms with van der Waals surface area (Å²) in [6.07, 6.45) is 4.80. The molecule has 2 saturated heterocycles. The maximum absolute atomic E-state index is 5.62. The van der Waals surface area contributed by atoms with Gasteiger partial charge in [0, 0.05) is 49.3 Å². The first-order chi connectivity index (χ1) is 17.1. The van der Waals surface area contributed by atoms with Crippen LogP contribution < -0.4 is 10.2 Å². The fraction of sp³-hybridized carbons (Fsp3) is 0.654. The van der Waals surface area contributed by atoms with Crippen LogP contribution in [0.5, 0.6) is 0 Å². The third-order valence-electron chi connectivity index (χ3n) is 6.46. The highest BCUT2D eigenvalue weighted by atomic mass is 16.5. The minimum absolute atomic E-state index is 0.147. The Balaban J connectivity index is 1.65. The highest BCUT2D eigenvalue weighted by Gasteiger charge is 2.28. The van der Waals surface area contributed by atoms with Crippen molar-refractivity contribution in [3.63, 3.8) is 0 Å². The summed E-state index contributed by atoms with van der Waals surface area (Å²) >= 11 is 0. The summed E-state index contributed by atoms with van der Waals surface area (Å²) in [5, 5.41) is 3.40. The molecule has 10 nitrogen and oxygen atoms in total. The van der Waals surface area contributed by atoms with Crippen LogP contribution in [0, 0.1) is 5.92 Å². The van der Waals surface area contributed by atoms with Gasteiger partial charge >= 0.3 is 0 Å². The molecule has 3 aromatic heterocycles. The van der Waals surface area contributed by atoms with E-state index in [0.717, 1.165) is 67.5 Å². The normalized spacial score (nSPS) is 19.3. The number of morpholine rings is 1. The topological polar surface area (TPSA) is 103 Å². The summed E-state index contributed by atoms with van der Waals surface area (Å²) < 4.78 is 13.4. The van der Waals surface area contributed by atoms with Crippen LogP contribution in [0.3, 0.4) is 0 Å². The SMILES string of the molecule is CC(C)(C)Nc1ncc(-c2nc(N3CCOCC3)c3ncn(CC4CCOC4)c3n2)c(C(C)(C)C)n1. The summed E-state index contributed by atoms with van der Waals surface area (Å²) in [6, 6.07) is 0. The molecule has 0 aliphatic carbocycles. The largest absolute Gasteiger partial charge is 0.381 e. The smallest absolute Gasteiger partial charge is 0.223 e. The Hall–Kier alpha value is -2.85. The van der Waals surface area contributed by atoms with Crippen molar-refractivity contribution in [2.45, 2.75) is 65.5 Å². The minimum atomic E-state index is -0.231. The second-order valence-corrected chi connectivity index (χ2v) is 11.8. The van der Waals surface area contributed by atoms with Crippen LogP contribution >= 0.6 is 0 Å². The van der Waals surface area contributed by atoms with Gasteiger partial charge in [-0.15, -0.1) is 0 Å². The fourth-order valence-electron chi connectivity index (χ4n) is 4.70. The van der Waals surface area contributed by atoms with Crippen molar-refractivity contribution in [2.24, 2.45) is 5.92 Å². The molecule has 2 aliphatic heterocycles. The summed E-state index contributed by atoms with van der Waals surface area (Å²) in [4.78, 5) is 26.8. The number of rotatable bonds is 5. The van der Waals surface area contributed by atoms with E-state index < -0.39 is 0 Å². The molecule has 1 N–H and O–H groups in total. The number of nitrogens with zero attached hydrogens (tertiary/aromatic N) is 7. The Morgan fingerprint density at radius 1 is 0.972 bits per heavy atom. The first-order valence-corrected chi connectivity index (χ1v) is 12.9. The monoisotopic (exact) mass is 494 g/mol. The van der Waals surface area contributed by atoms with E-state index in [-0.39, 0.29) is 11.0 Å². The molecule has 10 heteroatoms. The van der Waals surface area contributed by atoms with E-state index in [9.17, 15) is 0 Å². The number of hydrogen-bond donors (Lipinski definition) is 1. The third kappa shape index (κ3) is 5.29. The summed E-state index contributed by atoms with van der Waals surface area (Å²) in [5.74, 6) is 2.54. The lowest BCUT2D eigenvalue weighted by Crippen LogP contribution is -2.37. The number of aromatic nitrogens is 6. The van der Waals surface area contributed by atoms with E-state index >= 15 is 0 Å². The molecule has 2 aliphatic rings. The van der Waals surface area contributed by atoms with Crippen LogP contribution in [-0.4, -0.2) is 74.5 Å². The second-order valence-electron chi connectivity index (χ2n) is 11.8. The number of imidazole rings is 1. The van der Waals surface area contributed by atoms with E-state index in [2.05, 4.69) is 61.3 Å². The number of fused-ring (bicyclic) bond motifs is 1. The molecule has 0 amide bonds. The molecule has 0 saturated carbocycles. The lowest BCUT2D eigenvalue weighted by atomic mass is 9.88. The van der Waals surface area contributed by atoms with Gasteiger partial charge in [0.2, 0.25) is 5.95 Å². The van der Waals surface area contributed by atoms with E-state index in [0.29, 0.717) is 30.9 Å². The number of hydrogen-bond acceptors (Lipinski definition) is 9. The van der Waals surface area contributed by atoms with E-state index in [4.69, 9.17) is 29.4 Å². The molecule has 1 unspecified atom stereocenters. The average Bonchev–Trinajstić information content (AvgIpc) is 3.48. The van der Waals surface area contributed by atoms with Crippen LogP contribution in [-0.2, 0) is 21.4 Å².